The molecule has 0 spiro atoms. The summed E-state index contributed by atoms with van der Waals surface area (Å²) in [4.78, 5) is 0. The molecule has 222 valence electrons. The summed E-state index contributed by atoms with van der Waals surface area (Å²) in [6, 6.07) is 30.9. The van der Waals surface area contributed by atoms with E-state index in [4.69, 9.17) is 17.0 Å². The maximum absolute atomic E-state index is 4.93. The first-order valence-corrected chi connectivity index (χ1v) is 25.0. The number of fused-ring (bicyclic) bond motifs is 4. The number of hydrogen-bond acceptors (Lipinski definition) is 0. The quantitative estimate of drug-likeness (QED) is 0.184. The Morgan fingerprint density at radius 3 is 1.35 bits per heavy atom. The van der Waals surface area contributed by atoms with Crippen LogP contribution in [0.5, 0.6) is 0 Å². The van der Waals surface area contributed by atoms with Crippen LogP contribution in [0.3, 0.4) is 0 Å². The van der Waals surface area contributed by atoms with E-state index in [1.807, 2.05) is 0 Å². The van der Waals surface area contributed by atoms with Crippen LogP contribution in [-0.2, 0) is 20.8 Å². The van der Waals surface area contributed by atoms with E-state index in [0.29, 0.717) is 0 Å². The molecule has 0 amide bonds. The molecular formula is C42H34Cl2SiZr+2. The van der Waals surface area contributed by atoms with Crippen molar-refractivity contribution in [3.8, 4) is 0 Å². The number of allylic oxidation sites excluding steroid dienone is 8. The van der Waals surface area contributed by atoms with Gasteiger partial charge in [-0.25, -0.2) is 0 Å². The van der Waals surface area contributed by atoms with E-state index in [0.717, 1.165) is 0 Å². The Hall–Kier alpha value is -1.96. The second-order valence-corrected chi connectivity index (χ2v) is 20.7. The molecule has 0 nitrogen and oxygen atoms in total. The van der Waals surface area contributed by atoms with Gasteiger partial charge in [-0.2, -0.15) is 0 Å². The fourth-order valence-corrected chi connectivity index (χ4v) is 12.2. The van der Waals surface area contributed by atoms with Gasteiger partial charge in [-0.1, -0.05) is 148 Å². The monoisotopic (exact) mass is 726 g/mol. The molecule has 0 saturated heterocycles. The van der Waals surface area contributed by atoms with Crippen molar-refractivity contribution < 1.29 is 20.8 Å². The molecule has 0 aromatic heterocycles. The van der Waals surface area contributed by atoms with Crippen LogP contribution in [0.25, 0.3) is 32.7 Å². The molecule has 0 unspecified atom stereocenters. The SMILES string of the molecule is C[C]1[CH][C]2[C](C=CC=C2c2cccc3ccccc23)[C]1[Si](C)(C)[C]1[C](C)[CH][C]2[C]1C=CC=C2c1cccc2ccccc12.[Cl][Zr+2][Cl]. The van der Waals surface area contributed by atoms with Crippen molar-refractivity contribution >= 4 is 57.8 Å². The normalized spacial score (nSPS) is 20.4. The molecule has 0 heterocycles. The van der Waals surface area contributed by atoms with Crippen molar-refractivity contribution in [3.05, 3.63) is 192 Å². The molecule has 46 heavy (non-hydrogen) atoms. The third kappa shape index (κ3) is 5.64. The summed E-state index contributed by atoms with van der Waals surface area (Å²) in [5.74, 6) is 8.41. The Bertz CT molecular complexity index is 1720. The second kappa shape index (κ2) is 13.5. The average molecular weight is 729 g/mol. The van der Waals surface area contributed by atoms with Crippen LogP contribution < -0.4 is 0 Å². The first-order chi connectivity index (χ1) is 22.3. The van der Waals surface area contributed by atoms with Crippen molar-refractivity contribution in [1.82, 2.24) is 0 Å². The van der Waals surface area contributed by atoms with Gasteiger partial charge in [0.15, 0.2) is 0 Å². The van der Waals surface area contributed by atoms with E-state index in [1.165, 1.54) is 79.3 Å². The minimum atomic E-state index is -2.12. The number of rotatable bonds is 4. The molecule has 2 saturated carbocycles. The molecule has 4 aromatic rings. The third-order valence-corrected chi connectivity index (χ3v) is 13.5. The van der Waals surface area contributed by atoms with Crippen LogP contribution >= 0.6 is 17.0 Å². The van der Waals surface area contributed by atoms with Gasteiger partial charge in [0.25, 0.3) is 0 Å². The maximum atomic E-state index is 4.93. The summed E-state index contributed by atoms with van der Waals surface area (Å²) in [5.41, 5.74) is 8.42. The first-order valence-electron chi connectivity index (χ1n) is 15.7. The van der Waals surface area contributed by atoms with E-state index in [9.17, 15) is 0 Å². The summed E-state index contributed by atoms with van der Waals surface area (Å²) >= 11 is -0.826. The molecule has 0 aliphatic heterocycles. The average Bonchev–Trinajstić information content (AvgIpc) is 3.60. The molecule has 4 heteroatoms. The van der Waals surface area contributed by atoms with Gasteiger partial charge in [-0.15, -0.1) is 0 Å². The summed E-state index contributed by atoms with van der Waals surface area (Å²) in [6.07, 6.45) is 18.8. The summed E-state index contributed by atoms with van der Waals surface area (Å²) in [7, 11) is 7.74. The number of halogens is 2. The summed E-state index contributed by atoms with van der Waals surface area (Å²) < 4.78 is 0. The van der Waals surface area contributed by atoms with Crippen molar-refractivity contribution in [3.63, 3.8) is 0 Å². The molecule has 10 radical (unpaired) electrons. The summed E-state index contributed by atoms with van der Waals surface area (Å²) in [5, 5.41) is 5.20. The molecule has 4 aliphatic rings. The zero-order chi connectivity index (χ0) is 32.0. The van der Waals surface area contributed by atoms with Crippen molar-refractivity contribution in [1.29, 1.82) is 0 Å². The molecule has 4 aromatic carbocycles. The van der Waals surface area contributed by atoms with Gasteiger partial charge in [0.05, 0.1) is 8.07 Å². The van der Waals surface area contributed by atoms with Gasteiger partial charge in [-0.05, 0) is 79.6 Å². The Morgan fingerprint density at radius 1 is 0.522 bits per heavy atom. The van der Waals surface area contributed by atoms with Crippen LogP contribution in [0, 0.1) is 59.4 Å². The van der Waals surface area contributed by atoms with Gasteiger partial charge in [0.2, 0.25) is 0 Å². The Labute approximate surface area is 295 Å². The van der Waals surface area contributed by atoms with Gasteiger partial charge in [-0.3, -0.25) is 0 Å². The Kier molecular flexibility index (Phi) is 9.57. The zero-order valence-electron chi connectivity index (χ0n) is 26.5. The van der Waals surface area contributed by atoms with Crippen LogP contribution in [0.2, 0.25) is 13.1 Å². The van der Waals surface area contributed by atoms with Gasteiger partial charge >= 0.3 is 37.9 Å². The predicted octanol–water partition coefficient (Wildman–Crippen LogP) is 11.8. The van der Waals surface area contributed by atoms with E-state index >= 15 is 0 Å². The predicted molar refractivity (Wildman–Crippen MR) is 197 cm³/mol. The van der Waals surface area contributed by atoms with Crippen LogP contribution in [0.4, 0.5) is 0 Å². The molecular weight excluding hydrogens is 695 g/mol. The molecule has 0 bridgehead atoms. The van der Waals surface area contributed by atoms with Crippen molar-refractivity contribution in [2.24, 2.45) is 0 Å². The van der Waals surface area contributed by atoms with Gasteiger partial charge in [0.1, 0.15) is 0 Å². The van der Waals surface area contributed by atoms with Crippen LogP contribution in [0.1, 0.15) is 25.0 Å². The first kappa shape index (κ1) is 32.6. The second-order valence-electron chi connectivity index (χ2n) is 12.7. The van der Waals surface area contributed by atoms with E-state index in [2.05, 4.69) is 161 Å². The zero-order valence-corrected chi connectivity index (χ0v) is 31.4. The van der Waals surface area contributed by atoms with E-state index in [1.54, 1.807) is 11.1 Å². The van der Waals surface area contributed by atoms with Crippen molar-refractivity contribution in [2.75, 3.05) is 0 Å². The molecule has 0 atom stereocenters. The van der Waals surface area contributed by atoms with E-state index in [-0.39, 0.29) is 0 Å². The topological polar surface area (TPSA) is 0 Å². The molecule has 0 N–H and O–H groups in total. The van der Waals surface area contributed by atoms with Crippen LogP contribution in [-0.4, -0.2) is 8.07 Å². The molecule has 2 fully saturated rings. The van der Waals surface area contributed by atoms with Gasteiger partial charge < -0.3 is 0 Å². The van der Waals surface area contributed by atoms with Gasteiger partial charge in [0, 0.05) is 23.7 Å². The number of benzene rings is 4. The third-order valence-electron chi connectivity index (χ3n) is 9.67. The van der Waals surface area contributed by atoms with E-state index < -0.39 is 28.9 Å². The van der Waals surface area contributed by atoms with Crippen LogP contribution in [0.15, 0.2) is 121 Å². The fourth-order valence-electron chi connectivity index (χ4n) is 8.05. The fraction of sp³-hybridized carbons (Fsp3) is 0.0952. The summed E-state index contributed by atoms with van der Waals surface area (Å²) in [6.45, 7) is 9.79. The van der Waals surface area contributed by atoms with Crippen molar-refractivity contribution in [2.45, 2.75) is 26.9 Å². The number of hydrogen-bond donors (Lipinski definition) is 0. The Balaban J connectivity index is 0.00000109. The Morgan fingerprint density at radius 2 is 0.913 bits per heavy atom. The molecule has 8 rings (SSSR count). The molecule has 4 aliphatic carbocycles. The standard InChI is InChI=1S/C42H34Si.2ClH.Zr/c1-27-25-39-35(33-19-9-15-29-13-5-7-17-31(29)33)21-11-23-37(39)41(27)43(3,4)42-28(2)26-40-36(22-12-24-38(40)42)34-20-10-16-30-14-6-8-18-32(30)34;;;/h5-26H,1-4H3;2*1H;/q;;;+4/p-2. The minimum absolute atomic E-state index is 0.826.